The van der Waals surface area contributed by atoms with Crippen LogP contribution >= 0.6 is 0 Å². The van der Waals surface area contributed by atoms with Crippen molar-refractivity contribution in [3.8, 4) is 0 Å². The summed E-state index contributed by atoms with van der Waals surface area (Å²) in [6, 6.07) is 0. The van der Waals surface area contributed by atoms with Gasteiger partial charge in [-0.2, -0.15) is 13.2 Å². The van der Waals surface area contributed by atoms with Crippen molar-refractivity contribution in [1.82, 2.24) is 0 Å². The Kier molecular flexibility index (Phi) is 5.28. The molecule has 0 aromatic heterocycles. The number of carbonyl (C=O) groups excluding carboxylic acids is 1. The number of ketones is 1. The quantitative estimate of drug-likeness (QED) is 0.528. The van der Waals surface area contributed by atoms with Crippen LogP contribution in [-0.2, 0) is 9.53 Å². The van der Waals surface area contributed by atoms with Crippen molar-refractivity contribution in [1.29, 1.82) is 0 Å². The van der Waals surface area contributed by atoms with E-state index >= 15 is 0 Å². The highest BCUT2D eigenvalue weighted by molar-refractivity contribution is 5.93. The molecule has 0 rings (SSSR count). The van der Waals surface area contributed by atoms with Crippen LogP contribution < -0.4 is 0 Å². The first kappa shape index (κ1) is 13.9. The lowest BCUT2D eigenvalue weighted by Gasteiger charge is -2.11. The van der Waals surface area contributed by atoms with Crippen LogP contribution in [-0.4, -0.2) is 24.7 Å². The molecule has 0 aliphatic carbocycles. The summed E-state index contributed by atoms with van der Waals surface area (Å²) < 4.78 is 39.5. The molecule has 15 heavy (non-hydrogen) atoms. The molecule has 0 aromatic carbocycles. The Morgan fingerprint density at radius 2 is 2.00 bits per heavy atom. The average Bonchev–Trinajstić information content (AvgIpc) is 2.08. The minimum Gasteiger partial charge on any atom is -0.361 e. The first-order chi connectivity index (χ1) is 6.72. The summed E-state index contributed by atoms with van der Waals surface area (Å²) in [5, 5.41) is 0. The van der Waals surface area contributed by atoms with Crippen LogP contribution in [0.2, 0.25) is 0 Å². The van der Waals surface area contributed by atoms with Gasteiger partial charge in [0.25, 0.3) is 0 Å². The first-order valence-electron chi connectivity index (χ1n) is 4.28. The molecule has 0 radical (unpaired) electrons. The molecule has 0 bridgehead atoms. The third-order valence-corrected chi connectivity index (χ3v) is 1.43. The number of allylic oxidation sites excluding steroid dienone is 2. The minimum absolute atomic E-state index is 0.512. The van der Waals surface area contributed by atoms with Gasteiger partial charge in [0, 0.05) is 0 Å². The summed E-state index contributed by atoms with van der Waals surface area (Å²) in [7, 11) is 0. The fraction of sp³-hybridized carbons (Fsp3) is 0.500. The molecule has 0 aliphatic rings. The highest BCUT2D eigenvalue weighted by Gasteiger charge is 2.29. The fourth-order valence-corrected chi connectivity index (χ4v) is 0.662. The van der Waals surface area contributed by atoms with E-state index in [1.165, 1.54) is 13.0 Å². The molecule has 86 valence electrons. The number of alkyl halides is 3. The Bertz CT molecular complexity index is 266. The summed E-state index contributed by atoms with van der Waals surface area (Å²) in [4.78, 5) is 11.1. The molecule has 0 spiro atoms. The Hall–Kier alpha value is -1.10. The lowest BCUT2D eigenvalue weighted by molar-refractivity contribution is -0.184. The summed E-state index contributed by atoms with van der Waals surface area (Å²) in [5.74, 6) is -0.512. The van der Waals surface area contributed by atoms with Crippen molar-refractivity contribution >= 4 is 5.78 Å². The van der Waals surface area contributed by atoms with Crippen molar-refractivity contribution in [2.24, 2.45) is 0 Å². The molecule has 1 unspecified atom stereocenters. The molecule has 0 aromatic rings. The Labute approximate surface area is 86.4 Å². The lowest BCUT2D eigenvalue weighted by atomic mass is 10.2. The van der Waals surface area contributed by atoms with Crippen LogP contribution in [0.25, 0.3) is 0 Å². The normalized spacial score (nSPS) is 14.2. The van der Waals surface area contributed by atoms with E-state index in [2.05, 4.69) is 11.3 Å². The summed E-state index contributed by atoms with van der Waals surface area (Å²) in [5.41, 5.74) is 0.645. The molecule has 0 N–H and O–H groups in total. The molecule has 0 fully saturated rings. The summed E-state index contributed by atoms with van der Waals surface area (Å²) in [6.07, 6.45) is -2.92. The lowest BCUT2D eigenvalue weighted by Crippen LogP contribution is -2.26. The second-order valence-electron chi connectivity index (χ2n) is 3.15. The molecule has 0 aliphatic heterocycles. The zero-order chi connectivity index (χ0) is 12.1. The Balaban J connectivity index is 4.06. The van der Waals surface area contributed by atoms with Crippen LogP contribution in [0.15, 0.2) is 24.3 Å². The molecular formula is C10H13F3O2. The Morgan fingerprint density at radius 3 is 2.40 bits per heavy atom. The molecule has 0 heterocycles. The van der Waals surface area contributed by atoms with Crippen LogP contribution in [0.3, 0.4) is 0 Å². The van der Waals surface area contributed by atoms with Crippen molar-refractivity contribution in [2.75, 3.05) is 6.61 Å². The van der Waals surface area contributed by atoms with Gasteiger partial charge in [-0.15, -0.1) is 0 Å². The number of carbonyl (C=O) groups is 1. The molecule has 0 saturated heterocycles. The van der Waals surface area contributed by atoms with Crippen LogP contribution in [0, 0.1) is 0 Å². The van der Waals surface area contributed by atoms with E-state index in [1.54, 1.807) is 6.92 Å². The van der Waals surface area contributed by atoms with Gasteiger partial charge in [-0.1, -0.05) is 18.2 Å². The molecular weight excluding hydrogens is 209 g/mol. The van der Waals surface area contributed by atoms with E-state index in [0.29, 0.717) is 5.57 Å². The van der Waals surface area contributed by atoms with Gasteiger partial charge in [0.2, 0.25) is 0 Å². The predicted octanol–water partition coefficient (Wildman–Crippen LogP) is 2.66. The van der Waals surface area contributed by atoms with E-state index in [9.17, 15) is 18.0 Å². The highest BCUT2D eigenvalue weighted by Crippen LogP contribution is 2.15. The number of hydrogen-bond acceptors (Lipinski definition) is 2. The van der Waals surface area contributed by atoms with Crippen molar-refractivity contribution in [3.05, 3.63) is 24.3 Å². The second-order valence-corrected chi connectivity index (χ2v) is 3.15. The van der Waals surface area contributed by atoms with Gasteiger partial charge >= 0.3 is 6.18 Å². The number of rotatable bonds is 5. The maximum Gasteiger partial charge on any atom is 0.411 e. The Morgan fingerprint density at radius 1 is 1.47 bits per heavy atom. The van der Waals surface area contributed by atoms with Gasteiger partial charge in [0.1, 0.15) is 12.7 Å². The van der Waals surface area contributed by atoms with Gasteiger partial charge in [-0.3, -0.25) is 4.79 Å². The van der Waals surface area contributed by atoms with Crippen LogP contribution in [0.5, 0.6) is 0 Å². The summed E-state index contributed by atoms with van der Waals surface area (Å²) >= 11 is 0. The second kappa shape index (κ2) is 5.70. The smallest absolute Gasteiger partial charge is 0.361 e. The van der Waals surface area contributed by atoms with E-state index in [1.807, 2.05) is 0 Å². The predicted molar refractivity (Wildman–Crippen MR) is 50.4 cm³/mol. The largest absolute Gasteiger partial charge is 0.411 e. The van der Waals surface area contributed by atoms with Gasteiger partial charge in [-0.05, 0) is 19.9 Å². The maximum atomic E-state index is 11.7. The standard InChI is InChI=1S/C10H13F3O2/c1-7(2)4-5-9(14)8(3)15-6-10(11,12)13/h4-5,8H,1,6H2,2-3H3/b5-4-. The molecule has 5 heteroatoms. The van der Waals surface area contributed by atoms with E-state index in [4.69, 9.17) is 0 Å². The van der Waals surface area contributed by atoms with E-state index in [0.717, 1.165) is 6.08 Å². The fourth-order valence-electron chi connectivity index (χ4n) is 0.662. The number of hydrogen-bond donors (Lipinski definition) is 0. The van der Waals surface area contributed by atoms with Crippen molar-refractivity contribution < 1.29 is 22.7 Å². The van der Waals surface area contributed by atoms with E-state index in [-0.39, 0.29) is 0 Å². The third kappa shape index (κ3) is 7.93. The SMILES string of the molecule is C=C(C)/C=C\C(=O)C(C)OCC(F)(F)F. The van der Waals surface area contributed by atoms with Crippen LogP contribution in [0.1, 0.15) is 13.8 Å². The topological polar surface area (TPSA) is 26.3 Å². The van der Waals surface area contributed by atoms with E-state index < -0.39 is 24.7 Å². The first-order valence-corrected chi connectivity index (χ1v) is 4.28. The molecule has 2 nitrogen and oxygen atoms in total. The summed E-state index contributed by atoms with van der Waals surface area (Å²) in [6.45, 7) is 5.04. The van der Waals surface area contributed by atoms with Gasteiger partial charge in [-0.25, -0.2) is 0 Å². The monoisotopic (exact) mass is 222 g/mol. The molecule has 0 amide bonds. The van der Waals surface area contributed by atoms with Gasteiger partial charge in [0.05, 0.1) is 0 Å². The van der Waals surface area contributed by atoms with Crippen molar-refractivity contribution in [2.45, 2.75) is 26.1 Å². The zero-order valence-electron chi connectivity index (χ0n) is 8.60. The van der Waals surface area contributed by atoms with Crippen LogP contribution in [0.4, 0.5) is 13.2 Å². The number of ether oxygens (including phenoxy) is 1. The molecule has 0 saturated carbocycles. The minimum atomic E-state index is -4.41. The molecule has 1 atom stereocenters. The van der Waals surface area contributed by atoms with Crippen molar-refractivity contribution in [3.63, 3.8) is 0 Å². The highest BCUT2D eigenvalue weighted by atomic mass is 19.4. The maximum absolute atomic E-state index is 11.7. The zero-order valence-corrected chi connectivity index (χ0v) is 8.60. The number of halogens is 3. The average molecular weight is 222 g/mol. The van der Waals surface area contributed by atoms with Gasteiger partial charge < -0.3 is 4.74 Å². The van der Waals surface area contributed by atoms with Gasteiger partial charge in [0.15, 0.2) is 5.78 Å². The third-order valence-electron chi connectivity index (χ3n) is 1.43.